The molecule has 6 heteroatoms. The number of hydrogen-bond donors (Lipinski definition) is 1. The molecular weight excluding hydrogens is 201 g/mol. The van der Waals surface area contributed by atoms with Gasteiger partial charge in [0.2, 0.25) is 0 Å². The Kier molecular flexibility index (Phi) is 2.97. The highest BCUT2D eigenvalue weighted by Crippen LogP contribution is 2.13. The van der Waals surface area contributed by atoms with Gasteiger partial charge in [0.1, 0.15) is 11.3 Å². The van der Waals surface area contributed by atoms with Crippen LogP contribution in [0.2, 0.25) is 0 Å². The summed E-state index contributed by atoms with van der Waals surface area (Å²) in [4.78, 5) is 11.3. The van der Waals surface area contributed by atoms with Crippen LogP contribution in [0.1, 0.15) is 20.8 Å². The molecule has 0 aliphatic heterocycles. The number of rotatable bonds is 1. The summed E-state index contributed by atoms with van der Waals surface area (Å²) >= 11 is 0. The Morgan fingerprint density at radius 1 is 1.60 bits per heavy atom. The summed E-state index contributed by atoms with van der Waals surface area (Å²) in [6.07, 6.45) is 0.661. The standard InChI is InChI=1S/C9H14FN3O2/c1-9(2,3)15-8(14)11-6-5-13(4)12-7(6)10/h5H,1-4H3,(H,11,14). The Hall–Kier alpha value is -1.59. The van der Waals surface area contributed by atoms with Crippen LogP contribution >= 0.6 is 0 Å². The molecule has 15 heavy (non-hydrogen) atoms. The van der Waals surface area contributed by atoms with E-state index in [1.807, 2.05) is 0 Å². The van der Waals surface area contributed by atoms with Gasteiger partial charge in [-0.15, -0.1) is 5.10 Å². The lowest BCUT2D eigenvalue weighted by Gasteiger charge is -2.19. The molecule has 0 unspecified atom stereocenters. The number of carbonyl (C=O) groups is 1. The van der Waals surface area contributed by atoms with E-state index in [1.165, 1.54) is 10.9 Å². The van der Waals surface area contributed by atoms with Crippen LogP contribution in [0.25, 0.3) is 0 Å². The van der Waals surface area contributed by atoms with Gasteiger partial charge in [0.25, 0.3) is 5.95 Å². The van der Waals surface area contributed by atoms with Gasteiger partial charge < -0.3 is 4.74 Å². The number of aromatic nitrogens is 2. The number of anilines is 1. The summed E-state index contributed by atoms with van der Waals surface area (Å²) in [6, 6.07) is 0. The van der Waals surface area contributed by atoms with E-state index in [0.29, 0.717) is 0 Å². The summed E-state index contributed by atoms with van der Waals surface area (Å²) in [6.45, 7) is 5.19. The first-order valence-corrected chi connectivity index (χ1v) is 4.47. The number of nitrogens with zero attached hydrogens (tertiary/aromatic N) is 2. The van der Waals surface area contributed by atoms with Crippen molar-refractivity contribution in [3.63, 3.8) is 0 Å². The first-order valence-electron chi connectivity index (χ1n) is 4.47. The number of aryl methyl sites for hydroxylation is 1. The van der Waals surface area contributed by atoms with Crippen molar-refractivity contribution in [1.82, 2.24) is 9.78 Å². The second kappa shape index (κ2) is 3.88. The summed E-state index contributed by atoms with van der Waals surface area (Å²) < 4.78 is 19.2. The van der Waals surface area contributed by atoms with E-state index in [0.717, 1.165) is 0 Å². The van der Waals surface area contributed by atoms with Gasteiger partial charge in [-0.25, -0.2) is 4.79 Å². The highest BCUT2D eigenvalue weighted by molar-refractivity contribution is 5.84. The zero-order chi connectivity index (χ0) is 11.6. The van der Waals surface area contributed by atoms with Crippen LogP contribution in [0.15, 0.2) is 6.20 Å². The molecule has 0 aromatic carbocycles. The van der Waals surface area contributed by atoms with Crippen molar-refractivity contribution in [2.24, 2.45) is 7.05 Å². The van der Waals surface area contributed by atoms with E-state index in [2.05, 4.69) is 10.4 Å². The summed E-state index contributed by atoms with van der Waals surface area (Å²) in [5, 5.41) is 5.71. The molecule has 1 aromatic rings. The largest absolute Gasteiger partial charge is 0.444 e. The fourth-order valence-electron chi connectivity index (χ4n) is 0.959. The average Bonchev–Trinajstić information content (AvgIpc) is 2.25. The first-order chi connectivity index (χ1) is 6.78. The van der Waals surface area contributed by atoms with E-state index in [9.17, 15) is 9.18 Å². The minimum atomic E-state index is -0.733. The molecule has 84 valence electrons. The van der Waals surface area contributed by atoms with E-state index >= 15 is 0 Å². The predicted octanol–water partition coefficient (Wildman–Crippen LogP) is 1.91. The minimum absolute atomic E-state index is 0.00625. The normalized spacial score (nSPS) is 11.3. The van der Waals surface area contributed by atoms with Crippen LogP contribution in [-0.2, 0) is 11.8 Å². The first kappa shape index (κ1) is 11.5. The van der Waals surface area contributed by atoms with E-state index in [4.69, 9.17) is 4.74 Å². The zero-order valence-corrected chi connectivity index (χ0v) is 9.17. The molecule has 0 atom stereocenters. The fourth-order valence-corrected chi connectivity index (χ4v) is 0.959. The van der Waals surface area contributed by atoms with Crippen molar-refractivity contribution >= 4 is 11.8 Å². The number of amides is 1. The zero-order valence-electron chi connectivity index (χ0n) is 9.17. The van der Waals surface area contributed by atoms with E-state index in [-0.39, 0.29) is 5.69 Å². The number of nitrogens with one attached hydrogen (secondary N) is 1. The van der Waals surface area contributed by atoms with Crippen LogP contribution in [0.5, 0.6) is 0 Å². The SMILES string of the molecule is Cn1cc(NC(=O)OC(C)(C)C)c(F)n1. The Labute approximate surface area is 87.2 Å². The highest BCUT2D eigenvalue weighted by Gasteiger charge is 2.18. The van der Waals surface area contributed by atoms with Crippen molar-refractivity contribution in [2.75, 3.05) is 5.32 Å². The second-order valence-corrected chi connectivity index (χ2v) is 4.13. The number of halogens is 1. The molecule has 0 fully saturated rings. The molecule has 0 bridgehead atoms. The van der Waals surface area contributed by atoms with Gasteiger partial charge in [-0.2, -0.15) is 4.39 Å². The van der Waals surface area contributed by atoms with Crippen LogP contribution in [0.3, 0.4) is 0 Å². The van der Waals surface area contributed by atoms with Crippen LogP contribution in [0, 0.1) is 5.95 Å². The summed E-state index contributed by atoms with van der Waals surface area (Å²) in [7, 11) is 1.56. The highest BCUT2D eigenvalue weighted by atomic mass is 19.1. The Morgan fingerprint density at radius 2 is 2.20 bits per heavy atom. The van der Waals surface area contributed by atoms with Crippen LogP contribution in [0.4, 0.5) is 14.9 Å². The lowest BCUT2D eigenvalue weighted by Crippen LogP contribution is -2.27. The van der Waals surface area contributed by atoms with Gasteiger partial charge in [0.05, 0.1) is 6.20 Å². The Morgan fingerprint density at radius 3 is 2.60 bits per heavy atom. The van der Waals surface area contributed by atoms with Gasteiger partial charge in [-0.1, -0.05) is 0 Å². The molecule has 5 nitrogen and oxygen atoms in total. The molecule has 1 aromatic heterocycles. The Balaban J connectivity index is 2.63. The third-order valence-electron chi connectivity index (χ3n) is 1.42. The van der Waals surface area contributed by atoms with Gasteiger partial charge in [0, 0.05) is 7.05 Å². The van der Waals surface area contributed by atoms with Gasteiger partial charge in [-0.3, -0.25) is 10.00 Å². The molecule has 1 rings (SSSR count). The molecule has 1 N–H and O–H groups in total. The third kappa shape index (κ3) is 3.57. The molecular formula is C9H14FN3O2. The quantitative estimate of drug-likeness (QED) is 0.778. The molecule has 1 amide bonds. The van der Waals surface area contributed by atoms with Gasteiger partial charge in [0.15, 0.2) is 0 Å². The van der Waals surface area contributed by atoms with Crippen molar-refractivity contribution in [3.05, 3.63) is 12.1 Å². The molecule has 1 heterocycles. The van der Waals surface area contributed by atoms with Crippen molar-refractivity contribution in [1.29, 1.82) is 0 Å². The van der Waals surface area contributed by atoms with Crippen LogP contribution in [-0.4, -0.2) is 21.5 Å². The predicted molar refractivity (Wildman–Crippen MR) is 53.0 cm³/mol. The maximum absolute atomic E-state index is 13.0. The van der Waals surface area contributed by atoms with E-state index < -0.39 is 17.6 Å². The molecule has 0 saturated carbocycles. The number of ether oxygens (including phenoxy) is 1. The molecule has 0 aliphatic rings. The second-order valence-electron chi connectivity index (χ2n) is 4.13. The van der Waals surface area contributed by atoms with Crippen LogP contribution < -0.4 is 5.32 Å². The Bertz CT molecular complexity index is 368. The summed E-state index contributed by atoms with van der Waals surface area (Å²) in [5.74, 6) is -0.733. The lowest BCUT2D eigenvalue weighted by molar-refractivity contribution is 0.0635. The summed E-state index contributed by atoms with van der Waals surface area (Å²) in [5.41, 5.74) is -0.602. The molecule has 0 spiro atoms. The molecule has 0 radical (unpaired) electrons. The number of carbonyl (C=O) groups excluding carboxylic acids is 1. The lowest BCUT2D eigenvalue weighted by atomic mass is 10.2. The fraction of sp³-hybridized carbons (Fsp3) is 0.556. The number of hydrogen-bond acceptors (Lipinski definition) is 3. The molecule has 0 aliphatic carbocycles. The maximum atomic E-state index is 13.0. The topological polar surface area (TPSA) is 56.2 Å². The average molecular weight is 215 g/mol. The van der Waals surface area contributed by atoms with Crippen molar-refractivity contribution in [3.8, 4) is 0 Å². The smallest absolute Gasteiger partial charge is 0.412 e. The van der Waals surface area contributed by atoms with Gasteiger partial charge >= 0.3 is 6.09 Å². The maximum Gasteiger partial charge on any atom is 0.412 e. The van der Waals surface area contributed by atoms with Crippen molar-refractivity contribution in [2.45, 2.75) is 26.4 Å². The van der Waals surface area contributed by atoms with Crippen molar-refractivity contribution < 1.29 is 13.9 Å². The van der Waals surface area contributed by atoms with Gasteiger partial charge in [-0.05, 0) is 20.8 Å². The van der Waals surface area contributed by atoms with E-state index in [1.54, 1.807) is 27.8 Å². The molecule has 0 saturated heterocycles. The third-order valence-corrected chi connectivity index (χ3v) is 1.42. The monoisotopic (exact) mass is 215 g/mol. The minimum Gasteiger partial charge on any atom is -0.444 e.